The lowest BCUT2D eigenvalue weighted by Crippen LogP contribution is -2.20. The number of rotatable bonds is 3. The molecule has 2 fully saturated rings. The van der Waals surface area contributed by atoms with Crippen molar-refractivity contribution in [3.63, 3.8) is 0 Å². The number of esters is 1. The third kappa shape index (κ3) is 2.77. The van der Waals surface area contributed by atoms with Crippen LogP contribution in [0.4, 0.5) is 10.1 Å². The summed E-state index contributed by atoms with van der Waals surface area (Å²) in [7, 11) is 0. The summed E-state index contributed by atoms with van der Waals surface area (Å²) in [6.45, 7) is 2.79. The van der Waals surface area contributed by atoms with Crippen molar-refractivity contribution < 1.29 is 18.7 Å². The minimum Gasteiger partial charge on any atom is -0.456 e. The van der Waals surface area contributed by atoms with Crippen molar-refractivity contribution in [2.75, 3.05) is 31.2 Å². The molecule has 1 atom stereocenters. The quantitative estimate of drug-likeness (QED) is 0.796. The molecule has 0 amide bonds. The molecule has 0 bridgehead atoms. The third-order valence-corrected chi connectivity index (χ3v) is 3.79. The molecule has 108 valence electrons. The van der Waals surface area contributed by atoms with E-state index in [0.717, 1.165) is 25.9 Å². The molecule has 0 radical (unpaired) electrons. The van der Waals surface area contributed by atoms with Crippen LogP contribution in [0.15, 0.2) is 18.2 Å². The van der Waals surface area contributed by atoms with Crippen LogP contribution >= 0.6 is 0 Å². The fourth-order valence-corrected chi connectivity index (χ4v) is 2.67. The number of anilines is 1. The first-order chi connectivity index (χ1) is 9.74. The van der Waals surface area contributed by atoms with Gasteiger partial charge in [-0.15, -0.1) is 0 Å². The highest BCUT2D eigenvalue weighted by molar-refractivity contribution is 5.90. The Morgan fingerprint density at radius 2 is 2.15 bits per heavy atom. The van der Waals surface area contributed by atoms with Gasteiger partial charge in [0.2, 0.25) is 0 Å². The fraction of sp³-hybridized carbons (Fsp3) is 0.533. The number of carbonyl (C=O) groups excluding carboxylic acids is 1. The number of ether oxygens (including phenoxy) is 2. The minimum absolute atomic E-state index is 0.205. The van der Waals surface area contributed by atoms with Crippen molar-refractivity contribution in [3.05, 3.63) is 29.6 Å². The average molecular weight is 279 g/mol. The van der Waals surface area contributed by atoms with Gasteiger partial charge < -0.3 is 14.4 Å². The molecule has 0 spiro atoms. The highest BCUT2D eigenvalue weighted by Crippen LogP contribution is 2.25. The van der Waals surface area contributed by atoms with Gasteiger partial charge in [-0.05, 0) is 31.0 Å². The maximum atomic E-state index is 14.1. The monoisotopic (exact) mass is 279 g/mol. The Hall–Kier alpha value is -1.62. The number of benzene rings is 1. The molecule has 3 rings (SSSR count). The van der Waals surface area contributed by atoms with E-state index in [2.05, 4.69) is 0 Å². The zero-order valence-electron chi connectivity index (χ0n) is 11.3. The molecular weight excluding hydrogens is 261 g/mol. The first-order valence-corrected chi connectivity index (χ1v) is 7.07. The fourth-order valence-electron chi connectivity index (χ4n) is 2.67. The van der Waals surface area contributed by atoms with Crippen LogP contribution in [0.5, 0.6) is 0 Å². The van der Waals surface area contributed by atoms with Crippen LogP contribution in [0.25, 0.3) is 0 Å². The molecule has 0 saturated carbocycles. The van der Waals surface area contributed by atoms with E-state index in [1.807, 2.05) is 4.90 Å². The summed E-state index contributed by atoms with van der Waals surface area (Å²) in [6.07, 6.45) is 2.68. The van der Waals surface area contributed by atoms with E-state index < -0.39 is 5.97 Å². The van der Waals surface area contributed by atoms with Crippen molar-refractivity contribution in [1.82, 2.24) is 0 Å². The molecule has 0 aliphatic carbocycles. The van der Waals surface area contributed by atoms with Crippen LogP contribution in [0.2, 0.25) is 0 Å². The van der Waals surface area contributed by atoms with Crippen molar-refractivity contribution in [1.29, 1.82) is 0 Å². The number of carbonyl (C=O) groups is 1. The Kier molecular flexibility index (Phi) is 3.87. The Balaban J connectivity index is 1.70. The van der Waals surface area contributed by atoms with Crippen LogP contribution in [-0.2, 0) is 9.47 Å². The summed E-state index contributed by atoms with van der Waals surface area (Å²) in [5.74, 6) is -0.837. The molecule has 1 unspecified atom stereocenters. The van der Waals surface area contributed by atoms with Gasteiger partial charge in [0.05, 0.1) is 24.5 Å². The molecule has 4 nitrogen and oxygen atoms in total. The molecule has 5 heteroatoms. The molecule has 1 aromatic rings. The maximum absolute atomic E-state index is 14.1. The Morgan fingerprint density at radius 1 is 1.35 bits per heavy atom. The number of nitrogens with zero attached hydrogens (tertiary/aromatic N) is 1. The van der Waals surface area contributed by atoms with Gasteiger partial charge in [-0.2, -0.15) is 0 Å². The Morgan fingerprint density at radius 3 is 2.80 bits per heavy atom. The summed E-state index contributed by atoms with van der Waals surface area (Å²) in [5, 5.41) is 0. The largest absolute Gasteiger partial charge is 0.456 e. The van der Waals surface area contributed by atoms with E-state index in [0.29, 0.717) is 25.3 Å². The second kappa shape index (κ2) is 5.79. The van der Waals surface area contributed by atoms with Gasteiger partial charge in [0, 0.05) is 19.5 Å². The molecule has 2 aliphatic rings. The van der Waals surface area contributed by atoms with Gasteiger partial charge in [-0.25, -0.2) is 9.18 Å². The van der Waals surface area contributed by atoms with Crippen molar-refractivity contribution in [2.45, 2.75) is 25.4 Å². The lowest BCUT2D eigenvalue weighted by molar-refractivity contribution is 0.0270. The number of halogens is 1. The molecule has 2 aliphatic heterocycles. The molecular formula is C15H18FNO3. The third-order valence-electron chi connectivity index (χ3n) is 3.79. The van der Waals surface area contributed by atoms with E-state index >= 15 is 0 Å². The molecule has 2 heterocycles. The van der Waals surface area contributed by atoms with Crippen LogP contribution in [0.3, 0.4) is 0 Å². The molecule has 2 saturated heterocycles. The lowest BCUT2D eigenvalue weighted by atomic mass is 10.2. The molecule has 20 heavy (non-hydrogen) atoms. The van der Waals surface area contributed by atoms with Gasteiger partial charge in [0.25, 0.3) is 0 Å². The predicted molar refractivity (Wildman–Crippen MR) is 72.5 cm³/mol. The zero-order chi connectivity index (χ0) is 13.9. The van der Waals surface area contributed by atoms with Crippen molar-refractivity contribution in [2.24, 2.45) is 0 Å². The van der Waals surface area contributed by atoms with Crippen molar-refractivity contribution >= 4 is 11.7 Å². The van der Waals surface area contributed by atoms with Gasteiger partial charge >= 0.3 is 5.97 Å². The Bertz CT molecular complexity index is 494. The van der Waals surface area contributed by atoms with Gasteiger partial charge in [0.1, 0.15) is 11.9 Å². The van der Waals surface area contributed by atoms with E-state index in [4.69, 9.17) is 9.47 Å². The molecule has 1 aromatic carbocycles. The van der Waals surface area contributed by atoms with Crippen LogP contribution in [0.1, 0.15) is 29.6 Å². The summed E-state index contributed by atoms with van der Waals surface area (Å²) < 4.78 is 24.5. The van der Waals surface area contributed by atoms with Crippen LogP contribution in [-0.4, -0.2) is 38.4 Å². The highest BCUT2D eigenvalue weighted by atomic mass is 19.1. The highest BCUT2D eigenvalue weighted by Gasteiger charge is 2.22. The van der Waals surface area contributed by atoms with E-state index in [1.54, 1.807) is 12.1 Å². The van der Waals surface area contributed by atoms with Crippen molar-refractivity contribution in [3.8, 4) is 0 Å². The van der Waals surface area contributed by atoms with Gasteiger partial charge in [-0.3, -0.25) is 0 Å². The van der Waals surface area contributed by atoms with E-state index in [1.165, 1.54) is 6.07 Å². The summed E-state index contributed by atoms with van der Waals surface area (Å²) in [4.78, 5) is 13.9. The van der Waals surface area contributed by atoms with E-state index in [9.17, 15) is 9.18 Å². The predicted octanol–water partition coefficient (Wildman–Crippen LogP) is 2.37. The van der Waals surface area contributed by atoms with Gasteiger partial charge in [-0.1, -0.05) is 0 Å². The number of hydrogen-bond donors (Lipinski definition) is 0. The molecule has 0 aromatic heterocycles. The second-order valence-corrected chi connectivity index (χ2v) is 5.25. The van der Waals surface area contributed by atoms with Gasteiger partial charge in [0.15, 0.2) is 0 Å². The zero-order valence-corrected chi connectivity index (χ0v) is 11.3. The normalized spacial score (nSPS) is 22.2. The van der Waals surface area contributed by atoms with E-state index in [-0.39, 0.29) is 17.5 Å². The topological polar surface area (TPSA) is 38.8 Å². The number of hydrogen-bond acceptors (Lipinski definition) is 4. The average Bonchev–Trinajstić information content (AvgIpc) is 3.11. The minimum atomic E-state index is -0.479. The summed E-state index contributed by atoms with van der Waals surface area (Å²) >= 11 is 0. The summed E-state index contributed by atoms with van der Waals surface area (Å²) in [5.41, 5.74) is 0.834. The Labute approximate surface area is 117 Å². The SMILES string of the molecule is O=C(OC1CCOC1)c1ccc(N2CCCC2)c(F)c1. The lowest BCUT2D eigenvalue weighted by Gasteiger charge is -2.18. The second-order valence-electron chi connectivity index (χ2n) is 5.25. The maximum Gasteiger partial charge on any atom is 0.338 e. The van der Waals surface area contributed by atoms with Crippen LogP contribution in [0, 0.1) is 5.82 Å². The smallest absolute Gasteiger partial charge is 0.338 e. The molecule has 0 N–H and O–H groups in total. The first kappa shape index (κ1) is 13.4. The first-order valence-electron chi connectivity index (χ1n) is 7.07. The summed E-state index contributed by atoms with van der Waals surface area (Å²) in [6, 6.07) is 4.57. The van der Waals surface area contributed by atoms with Crippen LogP contribution < -0.4 is 4.90 Å². The standard InChI is InChI=1S/C15H18FNO3/c16-13-9-11(15(18)20-12-5-8-19-10-12)3-4-14(13)17-6-1-2-7-17/h3-4,9,12H,1-2,5-8,10H2.